The van der Waals surface area contributed by atoms with E-state index in [1.54, 1.807) is 7.11 Å². The summed E-state index contributed by atoms with van der Waals surface area (Å²) in [6.07, 6.45) is 4.86. The lowest BCUT2D eigenvalue weighted by atomic mass is 9.83. The molecule has 1 aliphatic heterocycles. The Hall–Kier alpha value is -1.29. The Labute approximate surface area is 150 Å². The number of nitrogens with zero attached hydrogens (tertiary/aromatic N) is 1. The largest absolute Gasteiger partial charge is 0.497 e. The van der Waals surface area contributed by atoms with Crippen LogP contribution in [0.4, 0.5) is 0 Å². The molecule has 2 aromatic rings. The zero-order valence-electron chi connectivity index (χ0n) is 13.7. The third-order valence-electron chi connectivity index (χ3n) is 4.52. The SMILES string of the molecule is COc1ccc([C@H]2C[C@@H](c3ccncc3)C(C)(C)N2)cc1.Cl.Cl. The second kappa shape index (κ2) is 8.00. The van der Waals surface area contributed by atoms with Crippen LogP contribution in [0.1, 0.15) is 43.4 Å². The maximum atomic E-state index is 5.24. The van der Waals surface area contributed by atoms with Gasteiger partial charge in [-0.25, -0.2) is 0 Å². The predicted octanol–water partition coefficient (Wildman–Crippen LogP) is 4.53. The lowest BCUT2D eigenvalue weighted by molar-refractivity contribution is 0.397. The number of benzene rings is 1. The van der Waals surface area contributed by atoms with Crippen molar-refractivity contribution in [3.8, 4) is 5.75 Å². The number of rotatable bonds is 3. The van der Waals surface area contributed by atoms with Gasteiger partial charge in [0.1, 0.15) is 5.75 Å². The second-order valence-corrected chi connectivity index (χ2v) is 6.26. The van der Waals surface area contributed by atoms with Gasteiger partial charge in [-0.15, -0.1) is 24.8 Å². The highest BCUT2D eigenvalue weighted by Gasteiger charge is 2.40. The van der Waals surface area contributed by atoms with Crippen LogP contribution in [0.3, 0.4) is 0 Å². The van der Waals surface area contributed by atoms with Crippen LogP contribution < -0.4 is 10.1 Å². The van der Waals surface area contributed by atoms with E-state index in [0.29, 0.717) is 12.0 Å². The number of hydrogen-bond donors (Lipinski definition) is 1. The van der Waals surface area contributed by atoms with E-state index < -0.39 is 0 Å². The standard InChI is InChI=1S/C18H22N2O.2ClH/c1-18(2)16(13-8-10-19-11-9-13)12-17(20-18)14-4-6-15(21-3)7-5-14;;/h4-11,16-17,20H,12H2,1-3H3;2*1H/t16-,17+;;/m0../s1. The van der Waals surface area contributed by atoms with Crippen LogP contribution in [0, 0.1) is 0 Å². The third-order valence-corrected chi connectivity index (χ3v) is 4.52. The summed E-state index contributed by atoms with van der Waals surface area (Å²) in [5.74, 6) is 1.40. The molecular weight excluding hydrogens is 331 g/mol. The Balaban J connectivity index is 0.00000132. The molecule has 2 heterocycles. The molecule has 2 atom stereocenters. The molecule has 0 aliphatic carbocycles. The summed E-state index contributed by atoms with van der Waals surface area (Å²) in [5.41, 5.74) is 2.75. The van der Waals surface area contributed by atoms with Crippen molar-refractivity contribution in [2.24, 2.45) is 0 Å². The Morgan fingerprint density at radius 2 is 1.61 bits per heavy atom. The summed E-state index contributed by atoms with van der Waals surface area (Å²) in [7, 11) is 1.70. The predicted molar refractivity (Wildman–Crippen MR) is 99.0 cm³/mol. The van der Waals surface area contributed by atoms with Gasteiger partial charge in [-0.1, -0.05) is 12.1 Å². The molecule has 1 aromatic heterocycles. The van der Waals surface area contributed by atoms with Gasteiger partial charge in [0.2, 0.25) is 0 Å². The molecular formula is C18H24Cl2N2O. The highest BCUT2D eigenvalue weighted by molar-refractivity contribution is 5.85. The number of nitrogens with one attached hydrogen (secondary N) is 1. The van der Waals surface area contributed by atoms with Gasteiger partial charge in [0.25, 0.3) is 0 Å². The molecule has 0 radical (unpaired) electrons. The summed E-state index contributed by atoms with van der Waals surface area (Å²) in [6.45, 7) is 4.56. The normalized spacial score (nSPS) is 21.9. The van der Waals surface area contributed by atoms with Crippen molar-refractivity contribution in [2.45, 2.75) is 37.8 Å². The lowest BCUT2D eigenvalue weighted by Crippen LogP contribution is -2.37. The molecule has 0 spiro atoms. The van der Waals surface area contributed by atoms with Crippen molar-refractivity contribution in [3.63, 3.8) is 0 Å². The Morgan fingerprint density at radius 3 is 2.17 bits per heavy atom. The summed E-state index contributed by atoms with van der Waals surface area (Å²) in [5, 5.41) is 3.77. The number of hydrogen-bond acceptors (Lipinski definition) is 3. The number of ether oxygens (including phenoxy) is 1. The van der Waals surface area contributed by atoms with Crippen LogP contribution in [0.5, 0.6) is 5.75 Å². The monoisotopic (exact) mass is 354 g/mol. The Kier molecular flexibility index (Phi) is 6.87. The topological polar surface area (TPSA) is 34.1 Å². The zero-order chi connectivity index (χ0) is 14.9. The van der Waals surface area contributed by atoms with E-state index in [0.717, 1.165) is 12.2 Å². The van der Waals surface area contributed by atoms with Crippen molar-refractivity contribution in [1.82, 2.24) is 10.3 Å². The second-order valence-electron chi connectivity index (χ2n) is 6.26. The maximum absolute atomic E-state index is 5.24. The van der Waals surface area contributed by atoms with E-state index in [1.807, 2.05) is 24.5 Å². The molecule has 0 unspecified atom stereocenters. The van der Waals surface area contributed by atoms with Crippen molar-refractivity contribution >= 4 is 24.8 Å². The maximum Gasteiger partial charge on any atom is 0.118 e. The van der Waals surface area contributed by atoms with Crippen LogP contribution in [0.2, 0.25) is 0 Å². The minimum absolute atomic E-state index is 0. The highest BCUT2D eigenvalue weighted by atomic mass is 35.5. The van der Waals surface area contributed by atoms with E-state index >= 15 is 0 Å². The fraction of sp³-hybridized carbons (Fsp3) is 0.389. The van der Waals surface area contributed by atoms with Gasteiger partial charge in [0.05, 0.1) is 7.11 Å². The molecule has 1 saturated heterocycles. The number of methoxy groups -OCH3 is 1. The molecule has 1 aliphatic rings. The first kappa shape index (κ1) is 19.8. The summed E-state index contributed by atoms with van der Waals surface area (Å²) < 4.78 is 5.24. The average molecular weight is 355 g/mol. The summed E-state index contributed by atoms with van der Waals surface area (Å²) >= 11 is 0. The van der Waals surface area contributed by atoms with Gasteiger partial charge in [-0.05, 0) is 55.7 Å². The van der Waals surface area contributed by atoms with Gasteiger partial charge in [-0.3, -0.25) is 4.98 Å². The number of aromatic nitrogens is 1. The van der Waals surface area contributed by atoms with E-state index in [2.05, 4.69) is 48.4 Å². The number of pyridine rings is 1. The smallest absolute Gasteiger partial charge is 0.118 e. The molecule has 126 valence electrons. The molecule has 0 saturated carbocycles. The van der Waals surface area contributed by atoms with Gasteiger partial charge in [-0.2, -0.15) is 0 Å². The van der Waals surface area contributed by atoms with Crippen LogP contribution >= 0.6 is 24.8 Å². The fourth-order valence-corrected chi connectivity index (χ4v) is 3.34. The van der Waals surface area contributed by atoms with Crippen LogP contribution in [-0.2, 0) is 0 Å². The molecule has 0 bridgehead atoms. The fourth-order valence-electron chi connectivity index (χ4n) is 3.34. The van der Waals surface area contributed by atoms with Crippen LogP contribution in [-0.4, -0.2) is 17.6 Å². The van der Waals surface area contributed by atoms with Crippen molar-refractivity contribution in [3.05, 3.63) is 59.9 Å². The molecule has 3 rings (SSSR count). The molecule has 1 N–H and O–H groups in total. The molecule has 5 heteroatoms. The van der Waals surface area contributed by atoms with Crippen molar-refractivity contribution < 1.29 is 4.74 Å². The van der Waals surface area contributed by atoms with Crippen LogP contribution in [0.15, 0.2) is 48.8 Å². The zero-order valence-corrected chi connectivity index (χ0v) is 15.3. The third kappa shape index (κ3) is 4.17. The Bertz CT molecular complexity index is 602. The van der Waals surface area contributed by atoms with Crippen molar-refractivity contribution in [1.29, 1.82) is 0 Å². The van der Waals surface area contributed by atoms with Gasteiger partial charge in [0, 0.05) is 29.9 Å². The lowest BCUT2D eigenvalue weighted by Gasteiger charge is -2.27. The van der Waals surface area contributed by atoms with E-state index in [9.17, 15) is 0 Å². The first-order chi connectivity index (χ1) is 10.1. The molecule has 23 heavy (non-hydrogen) atoms. The molecule has 1 fully saturated rings. The van der Waals surface area contributed by atoms with Gasteiger partial charge < -0.3 is 10.1 Å². The highest BCUT2D eigenvalue weighted by Crippen LogP contribution is 2.43. The average Bonchev–Trinajstić information content (AvgIpc) is 2.84. The van der Waals surface area contributed by atoms with Crippen molar-refractivity contribution in [2.75, 3.05) is 7.11 Å². The minimum atomic E-state index is 0. The molecule has 0 amide bonds. The van der Waals surface area contributed by atoms with Gasteiger partial charge >= 0.3 is 0 Å². The molecule has 3 nitrogen and oxygen atoms in total. The van der Waals surface area contributed by atoms with Crippen LogP contribution in [0.25, 0.3) is 0 Å². The first-order valence-corrected chi connectivity index (χ1v) is 7.42. The number of halogens is 2. The van der Waals surface area contributed by atoms with Gasteiger partial charge in [0.15, 0.2) is 0 Å². The summed E-state index contributed by atoms with van der Waals surface area (Å²) in [4.78, 5) is 4.13. The van der Waals surface area contributed by atoms with E-state index in [-0.39, 0.29) is 30.4 Å². The first-order valence-electron chi connectivity index (χ1n) is 7.42. The summed E-state index contributed by atoms with van der Waals surface area (Å²) in [6, 6.07) is 13.0. The Morgan fingerprint density at radius 1 is 1.00 bits per heavy atom. The minimum Gasteiger partial charge on any atom is -0.497 e. The van der Waals surface area contributed by atoms with E-state index in [4.69, 9.17) is 4.74 Å². The molecule has 1 aromatic carbocycles. The van der Waals surface area contributed by atoms with E-state index in [1.165, 1.54) is 11.1 Å². The quantitative estimate of drug-likeness (QED) is 0.878.